The molecule has 512 valence electrons. The van der Waals surface area contributed by atoms with Crippen molar-refractivity contribution in [3.63, 3.8) is 0 Å². The van der Waals surface area contributed by atoms with Gasteiger partial charge in [0.1, 0.15) is 16.8 Å². The Morgan fingerprint density at radius 2 is 0.484 bits per heavy atom. The zero-order chi connectivity index (χ0) is 66.7. The average molecular weight is 1310 g/mol. The van der Waals surface area contributed by atoms with E-state index in [2.05, 4.69) is 229 Å². The highest BCUT2D eigenvalue weighted by molar-refractivity contribution is 7.48. The van der Waals surface area contributed by atoms with Gasteiger partial charge in [-0.1, -0.05) is 226 Å². The summed E-state index contributed by atoms with van der Waals surface area (Å²) in [5, 5.41) is 0. The van der Waals surface area contributed by atoms with Gasteiger partial charge in [0.05, 0.1) is 73.2 Å². The van der Waals surface area contributed by atoms with Gasteiger partial charge in [0, 0.05) is 38.5 Å². The Kier molecular flexibility index (Phi) is 22.4. The topological polar surface area (TPSA) is 120 Å². The lowest BCUT2D eigenvalue weighted by Crippen LogP contribution is -2.47. The molecule has 11 heteroatoms. The van der Waals surface area contributed by atoms with Crippen LogP contribution in [-0.4, -0.2) is 73.2 Å². The highest BCUT2D eigenvalue weighted by Gasteiger charge is 2.61. The number of epoxide rings is 6. The van der Waals surface area contributed by atoms with Crippen LogP contribution in [0.5, 0.6) is 0 Å². The zero-order valence-electron chi connectivity index (χ0n) is 59.3. The molecule has 95 heavy (non-hydrogen) atoms. The Labute approximate surface area is 570 Å². The van der Waals surface area contributed by atoms with Crippen LogP contribution in [0, 0.1) is 17.8 Å². The lowest BCUT2D eigenvalue weighted by molar-refractivity contribution is -0.0911. The van der Waals surface area contributed by atoms with E-state index < -0.39 is 24.6 Å². The molecule has 10 nitrogen and oxygen atoms in total. The minimum Gasteiger partial charge on any atom is -0.370 e. The fraction of sp³-hybridized carbons (Fsp3) is 0.571. The number of unbranched alkanes of at least 4 members (excludes halogenated alkanes) is 3. The molecule has 6 aromatic rings. The molecule has 6 saturated heterocycles. The van der Waals surface area contributed by atoms with E-state index in [1.54, 1.807) is 0 Å². The van der Waals surface area contributed by atoms with E-state index in [4.69, 9.17) is 42.0 Å². The Morgan fingerprint density at radius 1 is 0.316 bits per heavy atom. The molecule has 15 atom stereocenters. The van der Waals surface area contributed by atoms with Gasteiger partial charge in [-0.25, -0.2) is 4.57 Å². The van der Waals surface area contributed by atoms with Crippen LogP contribution in [0.15, 0.2) is 146 Å². The van der Waals surface area contributed by atoms with Crippen molar-refractivity contribution in [2.24, 2.45) is 17.8 Å². The fourth-order valence-corrected chi connectivity index (χ4v) is 18.8. The molecule has 15 unspecified atom stereocenters. The van der Waals surface area contributed by atoms with Crippen molar-refractivity contribution in [1.82, 2.24) is 0 Å². The molecule has 0 spiro atoms. The first-order valence-electron chi connectivity index (χ1n) is 37.2. The van der Waals surface area contributed by atoms with E-state index in [9.17, 15) is 0 Å². The molecule has 12 rings (SSSR count). The molecule has 6 aliphatic rings. The molecule has 0 amide bonds. The van der Waals surface area contributed by atoms with Gasteiger partial charge in [-0.3, -0.25) is 13.6 Å². The largest absolute Gasteiger partial charge is 0.478 e. The SMILES string of the molecule is CCCCC(CC)C(OP(=O)(OC(c1ccccc1CC1OC1C)(c1ccccc1CC1OC1C)C(CC)CCCC)OC(c1ccccc1CC1OC1C)(c1ccccc1CC1OC1C)C(CC)CCCC)(c1ccccc1CC1OC1C)c1ccccc1CC1OC1C. The van der Waals surface area contributed by atoms with E-state index in [1.165, 1.54) is 0 Å². The van der Waals surface area contributed by atoms with Crippen LogP contribution in [0.3, 0.4) is 0 Å². The fourth-order valence-electron chi connectivity index (χ4n) is 16.6. The van der Waals surface area contributed by atoms with Gasteiger partial charge in [0.15, 0.2) is 0 Å². The van der Waals surface area contributed by atoms with E-state index in [0.29, 0.717) is 57.8 Å². The van der Waals surface area contributed by atoms with Gasteiger partial charge in [-0.15, -0.1) is 0 Å². The summed E-state index contributed by atoms with van der Waals surface area (Å²) in [5.41, 5.74) is 7.91. The highest BCUT2D eigenvalue weighted by Crippen LogP contribution is 2.71. The van der Waals surface area contributed by atoms with Crippen molar-refractivity contribution in [2.75, 3.05) is 0 Å². The summed E-state index contributed by atoms with van der Waals surface area (Å²) in [6, 6.07) is 53.2. The van der Waals surface area contributed by atoms with E-state index >= 15 is 4.57 Å². The first-order valence-corrected chi connectivity index (χ1v) is 38.7. The maximum absolute atomic E-state index is 20.4. The number of ether oxygens (including phenoxy) is 6. The van der Waals surface area contributed by atoms with E-state index in [-0.39, 0.29) is 91.0 Å². The van der Waals surface area contributed by atoms with Crippen LogP contribution in [-0.2, 0) is 102 Å². The van der Waals surface area contributed by atoms with Crippen molar-refractivity contribution in [3.8, 4) is 0 Å². The number of hydrogen-bond acceptors (Lipinski definition) is 10. The second-order valence-electron chi connectivity index (χ2n) is 29.1. The number of phosphoric ester groups is 1. The summed E-state index contributed by atoms with van der Waals surface area (Å²) < 4.78 is 85.9. The monoisotopic (exact) mass is 1310 g/mol. The van der Waals surface area contributed by atoms with Gasteiger partial charge in [-0.2, -0.15) is 0 Å². The first kappa shape index (κ1) is 70.1. The quantitative estimate of drug-likeness (QED) is 0.0272. The Hall–Kier alpha value is -4.81. The van der Waals surface area contributed by atoms with Crippen molar-refractivity contribution in [3.05, 3.63) is 212 Å². The minimum absolute atomic E-state index is 0.00144. The number of hydrogen-bond donors (Lipinski definition) is 0. The summed E-state index contributed by atoms with van der Waals surface area (Å²) in [6.07, 6.45) is 14.5. The summed E-state index contributed by atoms with van der Waals surface area (Å²) in [5.74, 6) is -0.760. The Morgan fingerprint density at radius 3 is 0.632 bits per heavy atom. The predicted octanol–water partition coefficient (Wildman–Crippen LogP) is 19.6. The molecule has 0 bridgehead atoms. The number of benzene rings is 6. The van der Waals surface area contributed by atoms with Crippen LogP contribution in [0.25, 0.3) is 0 Å². The van der Waals surface area contributed by atoms with Crippen molar-refractivity contribution >= 4 is 7.82 Å². The molecular weight excluding hydrogens is 1200 g/mol. The zero-order valence-corrected chi connectivity index (χ0v) is 60.2. The maximum Gasteiger partial charge on any atom is 0.478 e. The second-order valence-corrected chi connectivity index (χ2v) is 30.6. The third-order valence-electron chi connectivity index (χ3n) is 22.7. The van der Waals surface area contributed by atoms with Crippen LogP contribution in [0.1, 0.15) is 227 Å². The third-order valence-corrected chi connectivity index (χ3v) is 24.3. The maximum atomic E-state index is 20.4. The number of rotatable bonds is 39. The van der Waals surface area contributed by atoms with Gasteiger partial charge in [0.25, 0.3) is 0 Å². The summed E-state index contributed by atoms with van der Waals surface area (Å²) in [6.45, 7) is 26.8. The first-order chi connectivity index (χ1) is 46.1. The summed E-state index contributed by atoms with van der Waals surface area (Å²) >= 11 is 0. The van der Waals surface area contributed by atoms with Gasteiger partial charge < -0.3 is 28.4 Å². The smallest absolute Gasteiger partial charge is 0.370 e. The summed E-state index contributed by atoms with van der Waals surface area (Å²) in [7, 11) is -5.37. The van der Waals surface area contributed by atoms with E-state index in [0.717, 1.165) is 125 Å². The van der Waals surface area contributed by atoms with Crippen molar-refractivity contribution in [1.29, 1.82) is 0 Å². The van der Waals surface area contributed by atoms with Gasteiger partial charge in [0.2, 0.25) is 0 Å². The molecule has 6 heterocycles. The molecule has 0 aliphatic carbocycles. The number of phosphoric acid groups is 1. The van der Waals surface area contributed by atoms with Gasteiger partial charge in [-0.05, 0) is 165 Å². The summed E-state index contributed by atoms with van der Waals surface area (Å²) in [4.78, 5) is 0. The lowest BCUT2D eigenvalue weighted by atomic mass is 9.69. The molecule has 6 aromatic carbocycles. The Balaban J connectivity index is 1.25. The van der Waals surface area contributed by atoms with Crippen LogP contribution >= 0.6 is 7.82 Å². The lowest BCUT2D eigenvalue weighted by Gasteiger charge is -2.51. The van der Waals surface area contributed by atoms with Crippen LogP contribution in [0.4, 0.5) is 0 Å². The highest BCUT2D eigenvalue weighted by atomic mass is 31.2. The molecule has 6 aliphatic heterocycles. The Bertz CT molecular complexity index is 3020. The minimum atomic E-state index is -5.37. The van der Waals surface area contributed by atoms with Crippen molar-refractivity contribution < 1.29 is 46.6 Å². The molecule has 0 saturated carbocycles. The average Bonchev–Trinajstić information content (AvgIpc) is 1.05. The van der Waals surface area contributed by atoms with E-state index in [1.807, 2.05) is 0 Å². The molecule has 0 N–H and O–H groups in total. The second kappa shape index (κ2) is 30.3. The standard InChI is InChI=1S/C84H111O10P/c1-13-19-40-67(16-4)82(70-43-28-22-34-61(70)49-76-55(7)86-76,71-44-29-23-35-62(71)50-77-56(8)87-77)92-95(85,93-83(68(17-5)41-20-14-2,72-45-30-24-36-63(72)51-78-57(9)88-78)73-46-31-25-37-64(73)52-79-58(10)89-79)94-84(69(18-6)42-21-15-3,74-47-32-26-38-65(74)53-80-59(11)90-80)75-48-33-27-39-66(75)54-81-60(12)91-81/h22-39,43-48,55-60,67-69,76-81H,13-21,40-42,49-54H2,1-12H3. The molecular formula is C84H111O10P. The van der Waals surface area contributed by atoms with Gasteiger partial charge >= 0.3 is 7.82 Å². The molecule has 0 aromatic heterocycles. The third kappa shape index (κ3) is 15.2. The molecule has 6 fully saturated rings. The normalized spacial score (nSPS) is 28.3. The van der Waals surface area contributed by atoms with Crippen LogP contribution in [0.2, 0.25) is 0 Å². The van der Waals surface area contributed by atoms with Crippen LogP contribution < -0.4 is 0 Å². The molecule has 0 radical (unpaired) electrons. The predicted molar refractivity (Wildman–Crippen MR) is 380 cm³/mol. The van der Waals surface area contributed by atoms with Crippen molar-refractivity contribution in [2.45, 2.75) is 289 Å².